The van der Waals surface area contributed by atoms with Gasteiger partial charge in [0.2, 0.25) is 0 Å². The lowest BCUT2D eigenvalue weighted by Crippen LogP contribution is -2.23. The molecule has 6 heteroatoms. The van der Waals surface area contributed by atoms with Crippen molar-refractivity contribution in [2.75, 3.05) is 5.32 Å². The third kappa shape index (κ3) is 2.63. The molecule has 0 atom stereocenters. The first kappa shape index (κ1) is 13.8. The molecule has 2 N–H and O–H groups in total. The lowest BCUT2D eigenvalue weighted by atomic mass is 10.2. The van der Waals surface area contributed by atoms with Crippen molar-refractivity contribution >= 4 is 22.7 Å². The number of H-pyrrole nitrogens is 1. The van der Waals surface area contributed by atoms with Crippen LogP contribution in [0, 0.1) is 6.92 Å². The van der Waals surface area contributed by atoms with E-state index in [4.69, 9.17) is 4.42 Å². The average molecular weight is 309 g/mol. The molecule has 23 heavy (non-hydrogen) atoms. The molecule has 1 aliphatic rings. The van der Waals surface area contributed by atoms with E-state index in [-0.39, 0.29) is 5.56 Å². The predicted octanol–water partition coefficient (Wildman–Crippen LogP) is 2.95. The van der Waals surface area contributed by atoms with Gasteiger partial charge in [0.25, 0.3) is 11.5 Å². The minimum Gasteiger partial charge on any atom is -0.440 e. The molecule has 1 aromatic carbocycles. The van der Waals surface area contributed by atoms with Crippen LogP contribution in [0.25, 0.3) is 11.1 Å². The molecule has 0 unspecified atom stereocenters. The normalized spacial score (nSPS) is 14.1. The van der Waals surface area contributed by atoms with Gasteiger partial charge in [0.1, 0.15) is 11.1 Å². The highest BCUT2D eigenvalue weighted by Crippen LogP contribution is 2.40. The molecule has 116 valence electrons. The number of hydrogen-bond acceptors (Lipinski definition) is 4. The van der Waals surface area contributed by atoms with Crippen LogP contribution in [-0.4, -0.2) is 15.9 Å². The van der Waals surface area contributed by atoms with Crippen LogP contribution in [0.2, 0.25) is 0 Å². The van der Waals surface area contributed by atoms with E-state index in [9.17, 15) is 9.59 Å². The number of aromatic nitrogens is 2. The first-order valence-electron chi connectivity index (χ1n) is 7.52. The second-order valence-electron chi connectivity index (χ2n) is 5.85. The largest absolute Gasteiger partial charge is 0.440 e. The molecule has 1 fully saturated rings. The zero-order valence-electron chi connectivity index (χ0n) is 12.6. The third-order valence-corrected chi connectivity index (χ3v) is 3.89. The van der Waals surface area contributed by atoms with Gasteiger partial charge in [-0.3, -0.25) is 9.59 Å². The number of amides is 1. The number of anilines is 1. The number of benzene rings is 1. The zero-order chi connectivity index (χ0) is 16.0. The number of oxazole rings is 1. The van der Waals surface area contributed by atoms with Crippen LogP contribution >= 0.6 is 0 Å². The Bertz CT molecular complexity index is 967. The Labute approximate surface area is 131 Å². The summed E-state index contributed by atoms with van der Waals surface area (Å²) in [6.07, 6.45) is 2.24. The molecule has 1 aliphatic carbocycles. The van der Waals surface area contributed by atoms with E-state index >= 15 is 0 Å². The fourth-order valence-corrected chi connectivity index (χ4v) is 2.47. The highest BCUT2D eigenvalue weighted by atomic mass is 16.3. The second kappa shape index (κ2) is 5.08. The first-order chi connectivity index (χ1) is 11.1. The maximum atomic E-state index is 12.2. The molecule has 4 rings (SSSR count). The van der Waals surface area contributed by atoms with Crippen molar-refractivity contribution < 1.29 is 9.21 Å². The fraction of sp³-hybridized carbons (Fsp3) is 0.235. The molecule has 0 radical (unpaired) electrons. The molecular weight excluding hydrogens is 294 g/mol. The van der Waals surface area contributed by atoms with Gasteiger partial charge in [-0.15, -0.1) is 0 Å². The molecule has 3 aromatic rings. The van der Waals surface area contributed by atoms with E-state index in [0.29, 0.717) is 22.9 Å². The van der Waals surface area contributed by atoms with Gasteiger partial charge in [-0.05, 0) is 44.0 Å². The molecule has 0 bridgehead atoms. The molecule has 0 spiro atoms. The summed E-state index contributed by atoms with van der Waals surface area (Å²) in [5, 5.41) is 2.72. The van der Waals surface area contributed by atoms with Crippen molar-refractivity contribution in [3.8, 4) is 0 Å². The summed E-state index contributed by atoms with van der Waals surface area (Å²) >= 11 is 0. The van der Waals surface area contributed by atoms with Crippen molar-refractivity contribution in [3.05, 3.63) is 57.8 Å². The van der Waals surface area contributed by atoms with Gasteiger partial charge in [0.15, 0.2) is 11.5 Å². The van der Waals surface area contributed by atoms with Crippen LogP contribution in [0.15, 0.2) is 39.5 Å². The van der Waals surface area contributed by atoms with Gasteiger partial charge in [0, 0.05) is 23.4 Å². The van der Waals surface area contributed by atoms with Gasteiger partial charge >= 0.3 is 0 Å². The molecule has 2 aromatic heterocycles. The van der Waals surface area contributed by atoms with Crippen LogP contribution in [0.3, 0.4) is 0 Å². The topological polar surface area (TPSA) is 88.0 Å². The van der Waals surface area contributed by atoms with E-state index in [2.05, 4.69) is 15.3 Å². The molecule has 0 saturated heterocycles. The minimum absolute atomic E-state index is 0.0759. The van der Waals surface area contributed by atoms with E-state index in [1.807, 2.05) is 0 Å². The lowest BCUT2D eigenvalue weighted by molar-refractivity contribution is 0.102. The van der Waals surface area contributed by atoms with Crippen molar-refractivity contribution in [2.24, 2.45) is 0 Å². The number of rotatable bonds is 3. The van der Waals surface area contributed by atoms with Crippen molar-refractivity contribution in [2.45, 2.75) is 25.7 Å². The maximum absolute atomic E-state index is 12.2. The van der Waals surface area contributed by atoms with E-state index < -0.39 is 11.5 Å². The van der Waals surface area contributed by atoms with Gasteiger partial charge in [-0.1, -0.05) is 0 Å². The van der Waals surface area contributed by atoms with E-state index in [1.54, 1.807) is 31.2 Å². The number of hydrogen-bond donors (Lipinski definition) is 2. The molecular formula is C17H15N3O3. The second-order valence-corrected chi connectivity index (χ2v) is 5.85. The zero-order valence-corrected chi connectivity index (χ0v) is 12.6. The van der Waals surface area contributed by atoms with Crippen LogP contribution in [0.5, 0.6) is 0 Å². The summed E-state index contributed by atoms with van der Waals surface area (Å²) in [6, 6.07) is 8.50. The highest BCUT2D eigenvalue weighted by molar-refractivity contribution is 6.04. The van der Waals surface area contributed by atoms with E-state index in [0.717, 1.165) is 24.2 Å². The lowest BCUT2D eigenvalue weighted by Gasteiger charge is -2.04. The average Bonchev–Trinajstić information content (AvgIpc) is 3.27. The van der Waals surface area contributed by atoms with Crippen LogP contribution < -0.4 is 10.9 Å². The third-order valence-electron chi connectivity index (χ3n) is 3.89. The molecule has 1 amide bonds. The first-order valence-corrected chi connectivity index (χ1v) is 7.52. The molecule has 0 aliphatic heterocycles. The number of fused-ring (bicyclic) bond motifs is 1. The summed E-state index contributed by atoms with van der Waals surface area (Å²) in [6.45, 7) is 1.76. The standard InChI is InChI=1S/C17H15N3O3/c1-9-2-6-12(15(21)18-9)16(22)19-11-5-7-13-14(8-11)23-17(20-13)10-3-4-10/h2,5-8,10H,3-4H2,1H3,(H,18,21)(H,19,22). The quantitative estimate of drug-likeness (QED) is 0.778. The van der Waals surface area contributed by atoms with Crippen LogP contribution in [0.4, 0.5) is 5.69 Å². The van der Waals surface area contributed by atoms with Crippen LogP contribution in [-0.2, 0) is 0 Å². The Balaban J connectivity index is 1.61. The van der Waals surface area contributed by atoms with Gasteiger partial charge in [0.05, 0.1) is 0 Å². The monoisotopic (exact) mass is 309 g/mol. The molecule has 6 nitrogen and oxygen atoms in total. The van der Waals surface area contributed by atoms with E-state index in [1.165, 1.54) is 6.07 Å². The van der Waals surface area contributed by atoms with Crippen LogP contribution in [0.1, 0.15) is 40.7 Å². The molecule has 2 heterocycles. The minimum atomic E-state index is -0.451. The molecule has 1 saturated carbocycles. The number of aryl methyl sites for hydroxylation is 1. The van der Waals surface area contributed by atoms with Gasteiger partial charge in [-0.2, -0.15) is 0 Å². The summed E-state index contributed by atoms with van der Waals surface area (Å²) < 4.78 is 5.73. The SMILES string of the molecule is Cc1ccc(C(=O)Nc2ccc3nc(C4CC4)oc3c2)c(=O)[nH]1. The highest BCUT2D eigenvalue weighted by Gasteiger charge is 2.28. The summed E-state index contributed by atoms with van der Waals surface area (Å²) in [5.41, 5.74) is 2.37. The van der Waals surface area contributed by atoms with Gasteiger partial charge < -0.3 is 14.7 Å². The number of carbonyl (C=O) groups is 1. The summed E-state index contributed by atoms with van der Waals surface area (Å²) in [5.74, 6) is 0.748. The number of pyridine rings is 1. The number of aromatic amines is 1. The van der Waals surface area contributed by atoms with Crippen molar-refractivity contribution in [3.63, 3.8) is 0 Å². The van der Waals surface area contributed by atoms with Crippen molar-refractivity contribution in [1.29, 1.82) is 0 Å². The Morgan fingerprint density at radius 1 is 1.30 bits per heavy atom. The van der Waals surface area contributed by atoms with Gasteiger partial charge in [-0.25, -0.2) is 4.98 Å². The van der Waals surface area contributed by atoms with Crippen molar-refractivity contribution in [1.82, 2.24) is 9.97 Å². The predicted molar refractivity (Wildman–Crippen MR) is 85.7 cm³/mol. The number of nitrogens with zero attached hydrogens (tertiary/aromatic N) is 1. The summed E-state index contributed by atoms with van der Waals surface area (Å²) in [7, 11) is 0. The Kier molecular flexibility index (Phi) is 3.04. The maximum Gasteiger partial charge on any atom is 0.261 e. The fourth-order valence-electron chi connectivity index (χ4n) is 2.47. The number of carbonyl (C=O) groups excluding carboxylic acids is 1. The number of nitrogens with one attached hydrogen (secondary N) is 2. The Morgan fingerprint density at radius 2 is 2.13 bits per heavy atom. The Hall–Kier alpha value is -2.89. The smallest absolute Gasteiger partial charge is 0.261 e. The Morgan fingerprint density at radius 3 is 2.87 bits per heavy atom. The summed E-state index contributed by atoms with van der Waals surface area (Å²) in [4.78, 5) is 31.1.